The normalized spacial score (nSPS) is 10.9. The van der Waals surface area contributed by atoms with Gasteiger partial charge in [-0.05, 0) is 12.1 Å². The molecule has 0 fully saturated rings. The molecule has 1 aromatic rings. The van der Waals surface area contributed by atoms with Crippen LogP contribution in [0.2, 0.25) is 0 Å². The predicted octanol–water partition coefficient (Wildman–Crippen LogP) is 0.949. The molecule has 1 heterocycles. The Labute approximate surface area is 93.3 Å². The zero-order valence-electron chi connectivity index (χ0n) is 8.90. The van der Waals surface area contributed by atoms with Gasteiger partial charge in [0.25, 0.3) is 5.91 Å². The molecule has 0 unspecified atom stereocenters. The lowest BCUT2D eigenvalue weighted by atomic mass is 10.2. The van der Waals surface area contributed by atoms with E-state index in [4.69, 9.17) is 14.4 Å². The van der Waals surface area contributed by atoms with Crippen molar-refractivity contribution in [1.82, 2.24) is 5.32 Å². The van der Waals surface area contributed by atoms with Crippen LogP contribution in [0.5, 0.6) is 0 Å². The largest absolute Gasteiger partial charge is 0.465 e. The standard InChI is InChI=1S/C11H12N2O3/c1-15-6-4-13-11(14)9(8-12)7-10-3-2-5-16-10/h2-3,5,7H,4,6H2,1H3,(H,13,14)/b9-7+. The highest BCUT2D eigenvalue weighted by atomic mass is 16.5. The summed E-state index contributed by atoms with van der Waals surface area (Å²) in [6, 6.07) is 5.17. The van der Waals surface area contributed by atoms with Crippen LogP contribution in [0.3, 0.4) is 0 Å². The molecule has 0 aliphatic carbocycles. The van der Waals surface area contributed by atoms with Crippen LogP contribution in [0.15, 0.2) is 28.4 Å². The van der Waals surface area contributed by atoms with E-state index in [1.807, 2.05) is 6.07 Å². The van der Waals surface area contributed by atoms with Crippen LogP contribution >= 0.6 is 0 Å². The quantitative estimate of drug-likeness (QED) is 0.455. The van der Waals surface area contributed by atoms with Gasteiger partial charge in [0.05, 0.1) is 12.9 Å². The Morgan fingerprint density at radius 3 is 3.12 bits per heavy atom. The number of carbonyl (C=O) groups excluding carboxylic acids is 1. The van der Waals surface area contributed by atoms with Gasteiger partial charge in [0, 0.05) is 19.7 Å². The molecular weight excluding hydrogens is 208 g/mol. The maximum atomic E-state index is 11.5. The minimum atomic E-state index is -0.434. The van der Waals surface area contributed by atoms with Crippen molar-refractivity contribution in [3.05, 3.63) is 29.7 Å². The van der Waals surface area contributed by atoms with Crippen molar-refractivity contribution in [3.8, 4) is 6.07 Å². The van der Waals surface area contributed by atoms with Crippen molar-refractivity contribution in [2.24, 2.45) is 0 Å². The lowest BCUT2D eigenvalue weighted by Gasteiger charge is -2.02. The van der Waals surface area contributed by atoms with Crippen LogP contribution in [-0.2, 0) is 9.53 Å². The molecular formula is C11H12N2O3. The van der Waals surface area contributed by atoms with Crippen molar-refractivity contribution in [2.75, 3.05) is 20.3 Å². The smallest absolute Gasteiger partial charge is 0.262 e. The number of methoxy groups -OCH3 is 1. The first-order valence-corrected chi connectivity index (χ1v) is 4.70. The third-order valence-corrected chi connectivity index (χ3v) is 1.79. The van der Waals surface area contributed by atoms with Gasteiger partial charge in [-0.15, -0.1) is 0 Å². The first-order chi connectivity index (χ1) is 7.77. The van der Waals surface area contributed by atoms with Crippen LogP contribution in [-0.4, -0.2) is 26.2 Å². The third-order valence-electron chi connectivity index (χ3n) is 1.79. The summed E-state index contributed by atoms with van der Waals surface area (Å²) in [6.45, 7) is 0.776. The molecule has 0 saturated carbocycles. The van der Waals surface area contributed by atoms with Gasteiger partial charge in [-0.25, -0.2) is 0 Å². The number of nitrogens with one attached hydrogen (secondary N) is 1. The maximum Gasteiger partial charge on any atom is 0.262 e. The first-order valence-electron chi connectivity index (χ1n) is 4.70. The van der Waals surface area contributed by atoms with Crippen molar-refractivity contribution in [1.29, 1.82) is 5.26 Å². The SMILES string of the molecule is COCCNC(=O)/C(C#N)=C/c1ccco1. The van der Waals surface area contributed by atoms with E-state index in [0.29, 0.717) is 18.9 Å². The van der Waals surface area contributed by atoms with Gasteiger partial charge in [0.15, 0.2) is 0 Å². The van der Waals surface area contributed by atoms with Crippen molar-refractivity contribution >= 4 is 12.0 Å². The number of hydrogen-bond donors (Lipinski definition) is 1. The highest BCUT2D eigenvalue weighted by Gasteiger charge is 2.08. The molecule has 0 aliphatic rings. The van der Waals surface area contributed by atoms with Gasteiger partial charge in [-0.2, -0.15) is 5.26 Å². The van der Waals surface area contributed by atoms with Gasteiger partial charge < -0.3 is 14.5 Å². The van der Waals surface area contributed by atoms with Crippen molar-refractivity contribution in [3.63, 3.8) is 0 Å². The third kappa shape index (κ3) is 3.59. The molecule has 0 aromatic carbocycles. The molecule has 0 atom stereocenters. The van der Waals surface area contributed by atoms with Crippen LogP contribution in [0.25, 0.3) is 6.08 Å². The number of ether oxygens (including phenoxy) is 1. The van der Waals surface area contributed by atoms with Gasteiger partial charge in [0.1, 0.15) is 17.4 Å². The molecule has 1 rings (SSSR count). The lowest BCUT2D eigenvalue weighted by molar-refractivity contribution is -0.117. The maximum absolute atomic E-state index is 11.5. The fourth-order valence-electron chi connectivity index (χ4n) is 1.03. The van der Waals surface area contributed by atoms with Crippen molar-refractivity contribution in [2.45, 2.75) is 0 Å². The fraction of sp³-hybridized carbons (Fsp3) is 0.273. The van der Waals surface area contributed by atoms with Crippen LogP contribution in [0.4, 0.5) is 0 Å². The molecule has 0 radical (unpaired) electrons. The van der Waals surface area contributed by atoms with Gasteiger partial charge in [-0.3, -0.25) is 4.79 Å². The highest BCUT2D eigenvalue weighted by Crippen LogP contribution is 2.06. The Morgan fingerprint density at radius 1 is 1.75 bits per heavy atom. The highest BCUT2D eigenvalue weighted by molar-refractivity contribution is 6.01. The van der Waals surface area contributed by atoms with E-state index in [1.165, 1.54) is 19.4 Å². The number of carbonyl (C=O) groups is 1. The summed E-state index contributed by atoms with van der Waals surface area (Å²) in [6.07, 6.45) is 2.87. The van der Waals surface area contributed by atoms with E-state index in [2.05, 4.69) is 5.32 Å². The Balaban J connectivity index is 2.61. The minimum Gasteiger partial charge on any atom is -0.465 e. The summed E-state index contributed by atoms with van der Waals surface area (Å²) >= 11 is 0. The van der Waals surface area contributed by atoms with Crippen LogP contribution in [0.1, 0.15) is 5.76 Å². The predicted molar refractivity (Wildman–Crippen MR) is 57.2 cm³/mol. The molecule has 16 heavy (non-hydrogen) atoms. The number of hydrogen-bond acceptors (Lipinski definition) is 4. The first kappa shape index (κ1) is 12.0. The summed E-state index contributed by atoms with van der Waals surface area (Å²) in [5.41, 5.74) is 0.00560. The average Bonchev–Trinajstić information content (AvgIpc) is 2.78. The van der Waals surface area contributed by atoms with Crippen LogP contribution in [0, 0.1) is 11.3 Å². The summed E-state index contributed by atoms with van der Waals surface area (Å²) in [4.78, 5) is 11.5. The molecule has 0 bridgehead atoms. The number of amides is 1. The second-order valence-electron chi connectivity index (χ2n) is 2.93. The topological polar surface area (TPSA) is 75.3 Å². The summed E-state index contributed by atoms with van der Waals surface area (Å²) < 4.78 is 9.79. The number of nitrogens with zero attached hydrogens (tertiary/aromatic N) is 1. The van der Waals surface area contributed by atoms with E-state index in [1.54, 1.807) is 12.1 Å². The molecule has 1 N–H and O–H groups in total. The number of nitriles is 1. The summed E-state index contributed by atoms with van der Waals surface area (Å²) in [7, 11) is 1.54. The van der Waals surface area contributed by atoms with Crippen molar-refractivity contribution < 1.29 is 13.9 Å². The van der Waals surface area contributed by atoms with Gasteiger partial charge >= 0.3 is 0 Å². The lowest BCUT2D eigenvalue weighted by Crippen LogP contribution is -2.27. The zero-order chi connectivity index (χ0) is 11.8. The summed E-state index contributed by atoms with van der Waals surface area (Å²) in [5.74, 6) is 0.0365. The monoisotopic (exact) mass is 220 g/mol. The second-order valence-corrected chi connectivity index (χ2v) is 2.93. The van der Waals surface area contributed by atoms with E-state index in [-0.39, 0.29) is 5.57 Å². The van der Waals surface area contributed by atoms with E-state index in [9.17, 15) is 4.79 Å². The van der Waals surface area contributed by atoms with Gasteiger partial charge in [-0.1, -0.05) is 0 Å². The molecule has 1 aromatic heterocycles. The molecule has 0 saturated heterocycles. The fourth-order valence-corrected chi connectivity index (χ4v) is 1.03. The Hall–Kier alpha value is -2.06. The summed E-state index contributed by atoms with van der Waals surface area (Å²) in [5, 5.41) is 11.4. The Kier molecular flexibility index (Phi) is 4.83. The Morgan fingerprint density at radius 2 is 2.56 bits per heavy atom. The average molecular weight is 220 g/mol. The molecule has 5 heteroatoms. The molecule has 5 nitrogen and oxygen atoms in total. The molecule has 84 valence electrons. The van der Waals surface area contributed by atoms with Crippen LogP contribution < -0.4 is 5.32 Å². The van der Waals surface area contributed by atoms with E-state index in [0.717, 1.165) is 0 Å². The number of rotatable bonds is 5. The van der Waals surface area contributed by atoms with E-state index < -0.39 is 5.91 Å². The zero-order valence-corrected chi connectivity index (χ0v) is 8.90. The van der Waals surface area contributed by atoms with Gasteiger partial charge in [0.2, 0.25) is 0 Å². The second kappa shape index (κ2) is 6.43. The molecule has 0 aliphatic heterocycles. The molecule has 0 spiro atoms. The Bertz CT molecular complexity index is 401. The number of furan rings is 1. The molecule has 1 amide bonds. The van der Waals surface area contributed by atoms with E-state index >= 15 is 0 Å². The minimum absolute atomic E-state index is 0.00560.